The van der Waals surface area contributed by atoms with Gasteiger partial charge in [0, 0.05) is 18.8 Å². The minimum Gasteiger partial charge on any atom is -0.396 e. The largest absolute Gasteiger partial charge is 0.396 e. The van der Waals surface area contributed by atoms with E-state index in [1.165, 1.54) is 0 Å². The van der Waals surface area contributed by atoms with Crippen molar-refractivity contribution in [2.45, 2.75) is 6.92 Å². The molecule has 0 bridgehead atoms. The van der Waals surface area contributed by atoms with E-state index in [9.17, 15) is 0 Å². The molecular weight excluding hydrogens is 309 g/mol. The van der Waals surface area contributed by atoms with E-state index >= 15 is 0 Å². The molecule has 5 nitrogen and oxygen atoms in total. The first kappa shape index (κ1) is 14.0. The Labute approximate surface area is 131 Å². The molecule has 0 spiro atoms. The molecule has 0 radical (unpaired) electrons. The van der Waals surface area contributed by atoms with E-state index in [2.05, 4.69) is 10.2 Å². The minimum atomic E-state index is 0.474. The summed E-state index contributed by atoms with van der Waals surface area (Å²) in [5.74, 6) is 0. The van der Waals surface area contributed by atoms with E-state index in [1.54, 1.807) is 27.7 Å². The fraction of sp³-hybridized carbons (Fsp3) is 0.143. The number of hydrogen-bond acceptors (Lipinski definition) is 3. The molecule has 0 aliphatic heterocycles. The molecule has 108 valence electrons. The summed E-state index contributed by atoms with van der Waals surface area (Å²) >= 11 is 12.0. The highest BCUT2D eigenvalue weighted by atomic mass is 35.5. The summed E-state index contributed by atoms with van der Waals surface area (Å²) in [5, 5.41) is 9.82. The molecule has 2 N–H and O–H groups in total. The number of nitrogens with two attached hydrogens (primary N) is 1. The molecule has 3 rings (SSSR count). The van der Waals surface area contributed by atoms with Crippen LogP contribution in [0.15, 0.2) is 30.6 Å². The van der Waals surface area contributed by atoms with Gasteiger partial charge < -0.3 is 5.73 Å². The van der Waals surface area contributed by atoms with Gasteiger partial charge in [-0.25, -0.2) is 4.68 Å². The summed E-state index contributed by atoms with van der Waals surface area (Å²) in [4.78, 5) is 0. The summed E-state index contributed by atoms with van der Waals surface area (Å²) in [6, 6.07) is 5.31. The highest BCUT2D eigenvalue weighted by molar-refractivity contribution is 6.42. The Kier molecular flexibility index (Phi) is 3.39. The van der Waals surface area contributed by atoms with Crippen LogP contribution in [0.4, 0.5) is 5.69 Å². The SMILES string of the molecule is Cc1nn(C)cc1-c1nn(-c2ccc(Cl)c(Cl)c2)cc1N. The van der Waals surface area contributed by atoms with Crippen LogP contribution >= 0.6 is 23.2 Å². The molecule has 2 heterocycles. The molecule has 7 heteroatoms. The van der Waals surface area contributed by atoms with E-state index in [0.29, 0.717) is 21.4 Å². The summed E-state index contributed by atoms with van der Waals surface area (Å²) in [6.45, 7) is 1.92. The number of halogens is 2. The van der Waals surface area contributed by atoms with Crippen molar-refractivity contribution in [2.75, 3.05) is 5.73 Å². The number of aromatic nitrogens is 4. The van der Waals surface area contributed by atoms with Crippen molar-refractivity contribution in [3.8, 4) is 16.9 Å². The predicted molar refractivity (Wildman–Crippen MR) is 84.9 cm³/mol. The number of aryl methyl sites for hydroxylation is 2. The van der Waals surface area contributed by atoms with Crippen molar-refractivity contribution in [3.63, 3.8) is 0 Å². The first-order chi connectivity index (χ1) is 9.95. The second kappa shape index (κ2) is 5.09. The van der Waals surface area contributed by atoms with Crippen LogP contribution in [0.5, 0.6) is 0 Å². The Balaban J connectivity index is 2.09. The summed E-state index contributed by atoms with van der Waals surface area (Å²) in [6.07, 6.45) is 3.65. The van der Waals surface area contributed by atoms with Crippen LogP contribution in [0.25, 0.3) is 16.9 Å². The average molecular weight is 322 g/mol. The maximum absolute atomic E-state index is 6.08. The zero-order valence-electron chi connectivity index (χ0n) is 11.5. The van der Waals surface area contributed by atoms with Crippen molar-refractivity contribution < 1.29 is 0 Å². The van der Waals surface area contributed by atoms with Gasteiger partial charge >= 0.3 is 0 Å². The van der Waals surface area contributed by atoms with Crippen LogP contribution in [0.3, 0.4) is 0 Å². The van der Waals surface area contributed by atoms with Gasteiger partial charge in [0.25, 0.3) is 0 Å². The third-order valence-corrected chi connectivity index (χ3v) is 3.92. The normalized spacial score (nSPS) is 11.0. The van der Waals surface area contributed by atoms with E-state index in [0.717, 1.165) is 16.9 Å². The second-order valence-corrected chi connectivity index (χ2v) is 5.59. The highest BCUT2D eigenvalue weighted by Gasteiger charge is 2.14. The number of nitrogen functional groups attached to an aromatic ring is 1. The van der Waals surface area contributed by atoms with Gasteiger partial charge in [0.15, 0.2) is 0 Å². The maximum Gasteiger partial charge on any atom is 0.119 e. The van der Waals surface area contributed by atoms with Gasteiger partial charge in [0.2, 0.25) is 0 Å². The average Bonchev–Trinajstić information content (AvgIpc) is 2.95. The zero-order valence-corrected chi connectivity index (χ0v) is 13.0. The van der Waals surface area contributed by atoms with E-state index < -0.39 is 0 Å². The third-order valence-electron chi connectivity index (χ3n) is 3.18. The predicted octanol–water partition coefficient (Wildman–Crippen LogP) is 3.47. The van der Waals surface area contributed by atoms with E-state index in [-0.39, 0.29) is 0 Å². The summed E-state index contributed by atoms with van der Waals surface area (Å²) in [7, 11) is 1.86. The van der Waals surface area contributed by atoms with Crippen molar-refractivity contribution in [2.24, 2.45) is 7.05 Å². The van der Waals surface area contributed by atoms with E-state index in [4.69, 9.17) is 28.9 Å². The number of nitrogens with zero attached hydrogens (tertiary/aromatic N) is 4. The molecule has 21 heavy (non-hydrogen) atoms. The third kappa shape index (κ3) is 2.50. The smallest absolute Gasteiger partial charge is 0.119 e. The second-order valence-electron chi connectivity index (χ2n) is 4.78. The Morgan fingerprint density at radius 2 is 1.86 bits per heavy atom. The zero-order chi connectivity index (χ0) is 15.1. The number of rotatable bonds is 2. The van der Waals surface area contributed by atoms with Gasteiger partial charge in [-0.3, -0.25) is 4.68 Å². The molecule has 0 aliphatic rings. The van der Waals surface area contributed by atoms with Crippen molar-refractivity contribution in [1.29, 1.82) is 0 Å². The number of anilines is 1. The Morgan fingerprint density at radius 1 is 1.10 bits per heavy atom. The molecule has 0 saturated heterocycles. The van der Waals surface area contributed by atoms with Gasteiger partial charge in [-0.05, 0) is 25.1 Å². The van der Waals surface area contributed by atoms with Crippen molar-refractivity contribution >= 4 is 28.9 Å². The van der Waals surface area contributed by atoms with Gasteiger partial charge in [0.05, 0.1) is 33.3 Å². The molecular formula is C14H13Cl2N5. The van der Waals surface area contributed by atoms with Crippen LogP contribution < -0.4 is 5.73 Å². The monoisotopic (exact) mass is 321 g/mol. The lowest BCUT2D eigenvalue weighted by Crippen LogP contribution is -1.95. The Morgan fingerprint density at radius 3 is 2.48 bits per heavy atom. The topological polar surface area (TPSA) is 61.7 Å². The lowest BCUT2D eigenvalue weighted by Gasteiger charge is -2.02. The van der Waals surface area contributed by atoms with Gasteiger partial charge in [-0.2, -0.15) is 10.2 Å². The van der Waals surface area contributed by atoms with E-state index in [1.807, 2.05) is 26.2 Å². The number of hydrogen-bond donors (Lipinski definition) is 1. The minimum absolute atomic E-state index is 0.474. The fourth-order valence-corrected chi connectivity index (χ4v) is 2.48. The highest BCUT2D eigenvalue weighted by Crippen LogP contribution is 2.29. The molecule has 0 fully saturated rings. The van der Waals surface area contributed by atoms with Crippen LogP contribution in [-0.4, -0.2) is 19.6 Å². The molecule has 3 aromatic rings. The van der Waals surface area contributed by atoms with Crippen LogP contribution in [0.1, 0.15) is 5.69 Å². The Bertz CT molecular complexity index is 819. The fourth-order valence-electron chi connectivity index (χ4n) is 2.19. The first-order valence-electron chi connectivity index (χ1n) is 6.27. The van der Waals surface area contributed by atoms with Crippen molar-refractivity contribution in [1.82, 2.24) is 19.6 Å². The Hall–Kier alpha value is -1.98. The number of benzene rings is 1. The van der Waals surface area contributed by atoms with Crippen LogP contribution in [-0.2, 0) is 7.05 Å². The maximum atomic E-state index is 6.08. The molecule has 0 amide bonds. The van der Waals surface area contributed by atoms with Crippen molar-refractivity contribution in [3.05, 3.63) is 46.3 Å². The van der Waals surface area contributed by atoms with Gasteiger partial charge in [-0.1, -0.05) is 23.2 Å². The summed E-state index contributed by atoms with van der Waals surface area (Å²) < 4.78 is 3.42. The lowest BCUT2D eigenvalue weighted by molar-refractivity contribution is 0.756. The van der Waals surface area contributed by atoms with Gasteiger partial charge in [0.1, 0.15) is 5.69 Å². The van der Waals surface area contributed by atoms with Crippen LogP contribution in [0, 0.1) is 6.92 Å². The molecule has 1 aromatic carbocycles. The molecule has 0 unspecified atom stereocenters. The molecule has 0 atom stereocenters. The standard InChI is InChI=1S/C14H13Cl2N5/c1-8-10(6-20(2)18-8)14-13(17)7-21(19-14)9-3-4-11(15)12(16)5-9/h3-7H,17H2,1-2H3. The molecule has 0 aliphatic carbocycles. The molecule has 2 aromatic heterocycles. The van der Waals surface area contributed by atoms with Gasteiger partial charge in [-0.15, -0.1) is 0 Å². The quantitative estimate of drug-likeness (QED) is 0.786. The summed E-state index contributed by atoms with van der Waals surface area (Å²) in [5.41, 5.74) is 9.94. The first-order valence-corrected chi connectivity index (χ1v) is 7.02. The van der Waals surface area contributed by atoms with Crippen LogP contribution in [0.2, 0.25) is 10.0 Å². The lowest BCUT2D eigenvalue weighted by atomic mass is 10.2. The molecule has 0 saturated carbocycles.